The van der Waals surface area contributed by atoms with Crippen LogP contribution in [-0.2, 0) is 0 Å². The number of hydrogen-bond acceptors (Lipinski definition) is 2. The minimum absolute atomic E-state index is 0.637. The van der Waals surface area contributed by atoms with Crippen LogP contribution in [0.4, 0.5) is 11.4 Å². The third kappa shape index (κ3) is 2.82. The molecule has 0 saturated heterocycles. The molecule has 1 aromatic heterocycles. The van der Waals surface area contributed by atoms with Crippen molar-refractivity contribution in [3.05, 3.63) is 72.3 Å². The van der Waals surface area contributed by atoms with E-state index in [1.807, 2.05) is 0 Å². The number of nitrogens with zero attached hydrogens (tertiary/aromatic N) is 1. The molecule has 0 N–H and O–H groups in total. The Labute approximate surface area is 161 Å². The molecule has 1 aliphatic rings. The van der Waals surface area contributed by atoms with Gasteiger partial charge in [-0.1, -0.05) is 67.8 Å². The summed E-state index contributed by atoms with van der Waals surface area (Å²) in [5.41, 5.74) is 5.76. The van der Waals surface area contributed by atoms with Gasteiger partial charge in [0.05, 0.1) is 5.69 Å². The zero-order valence-corrected chi connectivity index (χ0v) is 15.8. The average molecular weight is 353 g/mol. The Bertz CT molecular complexity index is 1080. The fourth-order valence-corrected chi connectivity index (χ4v) is 4.62. The van der Waals surface area contributed by atoms with Crippen LogP contribution < -0.4 is 4.81 Å². The maximum Gasteiger partial charge on any atom is 0.223 e. The molecule has 0 radical (unpaired) electrons. The summed E-state index contributed by atoms with van der Waals surface area (Å²) >= 11 is 0. The molecule has 3 heteroatoms. The monoisotopic (exact) mass is 353 g/mol. The van der Waals surface area contributed by atoms with Crippen molar-refractivity contribution in [3.8, 4) is 0 Å². The highest BCUT2D eigenvalue weighted by molar-refractivity contribution is 6.25. The van der Waals surface area contributed by atoms with Gasteiger partial charge in [0.25, 0.3) is 0 Å². The summed E-state index contributed by atoms with van der Waals surface area (Å²) in [6, 6.07) is 23.6. The lowest BCUT2D eigenvalue weighted by molar-refractivity contribution is 0.442. The van der Waals surface area contributed by atoms with Gasteiger partial charge in [0.1, 0.15) is 5.58 Å². The summed E-state index contributed by atoms with van der Waals surface area (Å²) in [4.78, 5) is 2.21. The molecule has 0 aliphatic heterocycles. The van der Waals surface area contributed by atoms with Crippen LogP contribution in [0.15, 0.2) is 71.1 Å². The minimum atomic E-state index is 0.637. The van der Waals surface area contributed by atoms with Crippen molar-refractivity contribution >= 4 is 41.3 Å². The van der Waals surface area contributed by atoms with E-state index >= 15 is 0 Å². The number of rotatable bonds is 3. The van der Waals surface area contributed by atoms with E-state index in [2.05, 4.69) is 79.5 Å². The van der Waals surface area contributed by atoms with Gasteiger partial charge in [0.15, 0.2) is 5.58 Å². The highest BCUT2D eigenvalue weighted by Gasteiger charge is 2.21. The Morgan fingerprint density at radius 1 is 0.741 bits per heavy atom. The lowest BCUT2D eigenvalue weighted by Crippen LogP contribution is -2.11. The second kappa shape index (κ2) is 6.81. The summed E-state index contributed by atoms with van der Waals surface area (Å²) in [5.74, 6) is 0.637. The second-order valence-corrected chi connectivity index (χ2v) is 7.71. The predicted molar refractivity (Wildman–Crippen MR) is 117 cm³/mol. The van der Waals surface area contributed by atoms with Crippen molar-refractivity contribution in [3.63, 3.8) is 0 Å². The summed E-state index contributed by atoms with van der Waals surface area (Å²) in [6.45, 7) is 0. The van der Waals surface area contributed by atoms with Gasteiger partial charge < -0.3 is 9.23 Å². The molecule has 1 saturated carbocycles. The maximum absolute atomic E-state index is 6.57. The van der Waals surface area contributed by atoms with Crippen LogP contribution in [0.5, 0.6) is 0 Å². The van der Waals surface area contributed by atoms with Crippen LogP contribution in [0, 0.1) is 0 Å². The topological polar surface area (TPSA) is 16.4 Å². The number of anilines is 2. The lowest BCUT2D eigenvalue weighted by atomic mass is 9.83. The van der Waals surface area contributed by atoms with Gasteiger partial charge in [-0.2, -0.15) is 0 Å². The molecule has 0 unspecified atom stereocenters. The third-order valence-electron chi connectivity index (χ3n) is 6.08. The van der Waals surface area contributed by atoms with Gasteiger partial charge in [-0.25, -0.2) is 0 Å². The number of furan rings is 1. The van der Waals surface area contributed by atoms with Gasteiger partial charge in [-0.05, 0) is 42.5 Å². The third-order valence-corrected chi connectivity index (χ3v) is 6.08. The number of para-hydroxylation sites is 3. The van der Waals surface area contributed by atoms with E-state index in [0.29, 0.717) is 5.92 Å². The van der Waals surface area contributed by atoms with E-state index < -0.39 is 0 Å². The highest BCUT2D eigenvalue weighted by atomic mass is 16.3. The van der Waals surface area contributed by atoms with Crippen molar-refractivity contribution in [2.45, 2.75) is 38.0 Å². The van der Waals surface area contributed by atoms with Gasteiger partial charge in [0.2, 0.25) is 7.98 Å². The predicted octanol–water partition coefficient (Wildman–Crippen LogP) is 6.32. The summed E-state index contributed by atoms with van der Waals surface area (Å²) in [5, 5.41) is 2.46. The Morgan fingerprint density at radius 2 is 1.44 bits per heavy atom. The normalized spacial score (nSPS) is 15.4. The first kappa shape index (κ1) is 16.5. The summed E-state index contributed by atoms with van der Waals surface area (Å²) in [7, 11) is 2.11. The van der Waals surface area contributed by atoms with E-state index in [-0.39, 0.29) is 0 Å². The number of hydrogen-bond donors (Lipinski definition) is 0. The fraction of sp³-hybridized carbons (Fsp3) is 0.250. The van der Waals surface area contributed by atoms with Gasteiger partial charge in [-0.15, -0.1) is 0 Å². The Balaban J connectivity index is 1.69. The first-order valence-electron chi connectivity index (χ1n) is 10.1. The molecule has 1 aliphatic carbocycles. The Kier molecular flexibility index (Phi) is 4.16. The van der Waals surface area contributed by atoms with Crippen LogP contribution >= 0.6 is 0 Å². The van der Waals surface area contributed by atoms with Crippen LogP contribution in [0.1, 0.15) is 43.6 Å². The molecule has 0 spiro atoms. The zero-order chi connectivity index (χ0) is 18.2. The minimum Gasteiger partial charge on any atom is -0.454 e. The second-order valence-electron chi connectivity index (χ2n) is 7.71. The van der Waals surface area contributed by atoms with Crippen molar-refractivity contribution in [1.82, 2.24) is 0 Å². The molecule has 1 heterocycles. The highest BCUT2D eigenvalue weighted by Crippen LogP contribution is 2.42. The largest absolute Gasteiger partial charge is 0.454 e. The van der Waals surface area contributed by atoms with E-state index in [1.165, 1.54) is 48.4 Å². The van der Waals surface area contributed by atoms with Gasteiger partial charge >= 0.3 is 0 Å². The SMILES string of the molecule is BN(c1ccccc1)c1cccc2c1oc1c(C3CCCCC3)cccc12. The molecule has 0 atom stereocenters. The Hall–Kier alpha value is -2.68. The van der Waals surface area contributed by atoms with Crippen LogP contribution in [0.25, 0.3) is 21.9 Å². The van der Waals surface area contributed by atoms with Crippen molar-refractivity contribution in [2.24, 2.45) is 0 Å². The summed E-state index contributed by atoms with van der Waals surface area (Å²) < 4.78 is 6.57. The Morgan fingerprint density at radius 3 is 2.22 bits per heavy atom. The molecule has 27 heavy (non-hydrogen) atoms. The van der Waals surface area contributed by atoms with E-state index in [9.17, 15) is 0 Å². The van der Waals surface area contributed by atoms with Gasteiger partial charge in [0, 0.05) is 16.5 Å². The smallest absolute Gasteiger partial charge is 0.223 e. The molecule has 1 fully saturated rings. The quantitative estimate of drug-likeness (QED) is 0.401. The molecule has 4 aromatic rings. The van der Waals surface area contributed by atoms with Gasteiger partial charge in [-0.3, -0.25) is 0 Å². The first-order valence-corrected chi connectivity index (χ1v) is 10.1. The van der Waals surface area contributed by atoms with E-state index in [0.717, 1.165) is 22.5 Å². The van der Waals surface area contributed by atoms with Crippen LogP contribution in [0.2, 0.25) is 0 Å². The standard InChI is InChI=1S/C24H24BNO/c25-26(18-11-5-2-6-12-18)22-16-8-15-21-20-14-7-13-19(23(20)27-24(21)22)17-9-3-1-4-10-17/h2,5-8,11-17H,1,3-4,9-10,25H2. The maximum atomic E-state index is 6.57. The molecule has 0 bridgehead atoms. The lowest BCUT2D eigenvalue weighted by Gasteiger charge is -2.22. The molecule has 2 nitrogen and oxygen atoms in total. The molecule has 0 amide bonds. The molecular weight excluding hydrogens is 329 g/mol. The molecule has 134 valence electrons. The van der Waals surface area contributed by atoms with E-state index in [4.69, 9.17) is 4.42 Å². The zero-order valence-electron chi connectivity index (χ0n) is 15.8. The van der Waals surface area contributed by atoms with Crippen molar-refractivity contribution in [2.75, 3.05) is 4.81 Å². The molecular formula is C24H24BNO. The van der Waals surface area contributed by atoms with Crippen molar-refractivity contribution < 1.29 is 4.42 Å². The average Bonchev–Trinajstić information content (AvgIpc) is 3.13. The fourth-order valence-electron chi connectivity index (χ4n) is 4.62. The number of benzene rings is 3. The van der Waals surface area contributed by atoms with Crippen LogP contribution in [-0.4, -0.2) is 7.98 Å². The van der Waals surface area contributed by atoms with Crippen LogP contribution in [0.3, 0.4) is 0 Å². The molecule has 3 aromatic carbocycles. The number of fused-ring (bicyclic) bond motifs is 3. The summed E-state index contributed by atoms with van der Waals surface area (Å²) in [6.07, 6.45) is 6.62. The van der Waals surface area contributed by atoms with E-state index in [1.54, 1.807) is 0 Å². The van der Waals surface area contributed by atoms with Crippen molar-refractivity contribution in [1.29, 1.82) is 0 Å². The molecule has 5 rings (SSSR count). The first-order chi connectivity index (χ1) is 13.3.